The van der Waals surface area contributed by atoms with Gasteiger partial charge in [-0.1, -0.05) is 12.1 Å². The van der Waals surface area contributed by atoms with Crippen LogP contribution in [0.15, 0.2) is 24.3 Å². The van der Waals surface area contributed by atoms with E-state index < -0.39 is 0 Å². The smallest absolute Gasteiger partial charge is 0.101 e. The van der Waals surface area contributed by atoms with E-state index in [4.69, 9.17) is 0 Å². The summed E-state index contributed by atoms with van der Waals surface area (Å²) in [5.74, 6) is 0. The van der Waals surface area contributed by atoms with Gasteiger partial charge in [-0.15, -0.1) is 0 Å². The molecule has 2 nitrogen and oxygen atoms in total. The topological polar surface area (TPSA) is 19.9 Å². The maximum atomic E-state index is 2.53. The highest BCUT2D eigenvalue weighted by Gasteiger charge is 2.24. The van der Waals surface area contributed by atoms with Crippen LogP contribution in [0.2, 0.25) is 0 Å². The van der Waals surface area contributed by atoms with Crippen LogP contribution in [0.5, 0.6) is 0 Å². The Morgan fingerprint density at radius 1 is 1.00 bits per heavy atom. The zero-order chi connectivity index (χ0) is 11.5. The summed E-state index contributed by atoms with van der Waals surface area (Å²) in [5, 5.41) is 2.48. The minimum Gasteiger partial charge on any atom is -0.372 e. The first-order chi connectivity index (χ1) is 8.42. The van der Waals surface area contributed by atoms with Gasteiger partial charge in [0.25, 0.3) is 0 Å². The van der Waals surface area contributed by atoms with E-state index in [0.29, 0.717) is 0 Å². The van der Waals surface area contributed by atoms with Gasteiger partial charge in [0.1, 0.15) is 6.54 Å². The van der Waals surface area contributed by atoms with Crippen molar-refractivity contribution < 1.29 is 5.32 Å². The van der Waals surface area contributed by atoms with Crippen molar-refractivity contribution in [2.24, 2.45) is 0 Å². The third-order valence-corrected chi connectivity index (χ3v) is 3.97. The van der Waals surface area contributed by atoms with E-state index in [1.807, 2.05) is 0 Å². The van der Waals surface area contributed by atoms with Crippen LogP contribution in [0.3, 0.4) is 0 Å². The lowest BCUT2D eigenvalue weighted by molar-refractivity contribution is -0.683. The molecule has 0 aromatic heterocycles. The average molecular weight is 231 g/mol. The Morgan fingerprint density at radius 2 is 1.71 bits per heavy atom. The van der Waals surface area contributed by atoms with E-state index in [9.17, 15) is 0 Å². The number of rotatable bonds is 4. The normalized spacial score (nSPS) is 20.6. The predicted octanol–water partition coefficient (Wildman–Crippen LogP) is 1.90. The Hall–Kier alpha value is -1.02. The SMILES string of the molecule is c1cc(N2CCCCC2)ccc1C[NH2+]C1CC1. The molecule has 0 spiro atoms. The fourth-order valence-electron chi connectivity index (χ4n) is 2.63. The molecule has 1 saturated heterocycles. The molecule has 1 heterocycles. The summed E-state index contributed by atoms with van der Waals surface area (Å²) in [6.07, 6.45) is 6.97. The molecule has 1 aliphatic carbocycles. The van der Waals surface area contributed by atoms with Gasteiger partial charge in [0.15, 0.2) is 0 Å². The first kappa shape index (κ1) is 11.1. The van der Waals surface area contributed by atoms with Gasteiger partial charge in [0, 0.05) is 37.2 Å². The second-order valence-corrected chi connectivity index (χ2v) is 5.49. The second-order valence-electron chi connectivity index (χ2n) is 5.49. The van der Waals surface area contributed by atoms with Gasteiger partial charge in [-0.2, -0.15) is 0 Å². The maximum Gasteiger partial charge on any atom is 0.101 e. The number of nitrogens with two attached hydrogens (primary N) is 1. The number of benzene rings is 1. The van der Waals surface area contributed by atoms with E-state index in [1.165, 1.54) is 56.4 Å². The van der Waals surface area contributed by atoms with Gasteiger partial charge in [-0.05, 0) is 31.4 Å². The molecule has 1 aromatic rings. The van der Waals surface area contributed by atoms with Crippen LogP contribution in [0.25, 0.3) is 0 Å². The molecule has 0 unspecified atom stereocenters. The van der Waals surface area contributed by atoms with Crippen molar-refractivity contribution in [3.8, 4) is 0 Å². The first-order valence-electron chi connectivity index (χ1n) is 7.09. The number of hydrogen-bond donors (Lipinski definition) is 1. The summed E-state index contributed by atoms with van der Waals surface area (Å²) in [4.78, 5) is 2.53. The molecule has 17 heavy (non-hydrogen) atoms. The highest BCUT2D eigenvalue weighted by atomic mass is 15.1. The molecule has 3 rings (SSSR count). The third kappa shape index (κ3) is 3.01. The van der Waals surface area contributed by atoms with Crippen molar-refractivity contribution in [3.63, 3.8) is 0 Å². The van der Waals surface area contributed by atoms with Crippen LogP contribution in [0, 0.1) is 0 Å². The largest absolute Gasteiger partial charge is 0.372 e. The Morgan fingerprint density at radius 3 is 2.35 bits per heavy atom. The molecule has 0 radical (unpaired) electrons. The molecule has 1 saturated carbocycles. The Balaban J connectivity index is 1.58. The first-order valence-corrected chi connectivity index (χ1v) is 7.09. The Labute approximate surface area is 104 Å². The minimum atomic E-state index is 0.928. The van der Waals surface area contributed by atoms with Crippen molar-refractivity contribution in [2.45, 2.75) is 44.7 Å². The molecule has 2 aliphatic rings. The molecule has 0 amide bonds. The standard InChI is InChI=1S/C15H22N2/c1-2-10-17(11-3-1)15-8-4-13(5-9-15)12-16-14-6-7-14/h4-5,8-9,14,16H,1-3,6-7,10-12H2/p+1. The van der Waals surface area contributed by atoms with Crippen LogP contribution in [-0.4, -0.2) is 19.1 Å². The predicted molar refractivity (Wildman–Crippen MR) is 71.2 cm³/mol. The van der Waals surface area contributed by atoms with E-state index in [0.717, 1.165) is 12.6 Å². The zero-order valence-electron chi connectivity index (χ0n) is 10.6. The molecule has 0 atom stereocenters. The molecule has 92 valence electrons. The average Bonchev–Trinajstić information content (AvgIpc) is 3.22. The van der Waals surface area contributed by atoms with Gasteiger partial charge < -0.3 is 10.2 Å². The summed E-state index contributed by atoms with van der Waals surface area (Å²) < 4.78 is 0. The van der Waals surface area contributed by atoms with Gasteiger partial charge in [-0.3, -0.25) is 0 Å². The number of hydrogen-bond acceptors (Lipinski definition) is 1. The lowest BCUT2D eigenvalue weighted by atomic mass is 10.1. The van der Waals surface area contributed by atoms with Crippen LogP contribution < -0.4 is 10.2 Å². The van der Waals surface area contributed by atoms with Gasteiger partial charge in [0.05, 0.1) is 6.04 Å². The second kappa shape index (κ2) is 5.09. The van der Waals surface area contributed by atoms with Crippen molar-refractivity contribution in [3.05, 3.63) is 29.8 Å². The molecular formula is C15H23N2+. The summed E-state index contributed by atoms with van der Waals surface area (Å²) in [6.45, 7) is 3.64. The molecule has 2 N–H and O–H groups in total. The lowest BCUT2D eigenvalue weighted by Crippen LogP contribution is -2.84. The van der Waals surface area contributed by atoms with Crippen molar-refractivity contribution in [1.29, 1.82) is 0 Å². The highest BCUT2D eigenvalue weighted by molar-refractivity contribution is 5.47. The number of anilines is 1. The van der Waals surface area contributed by atoms with Crippen molar-refractivity contribution in [2.75, 3.05) is 18.0 Å². The molecule has 2 heteroatoms. The molecule has 0 bridgehead atoms. The van der Waals surface area contributed by atoms with Crippen LogP contribution in [-0.2, 0) is 6.54 Å². The molecule has 1 aliphatic heterocycles. The third-order valence-electron chi connectivity index (χ3n) is 3.97. The molecule has 2 fully saturated rings. The van der Waals surface area contributed by atoms with Crippen LogP contribution >= 0.6 is 0 Å². The van der Waals surface area contributed by atoms with Gasteiger partial charge in [-0.25, -0.2) is 0 Å². The number of quaternary nitrogens is 1. The van der Waals surface area contributed by atoms with E-state index in [-0.39, 0.29) is 0 Å². The summed E-state index contributed by atoms with van der Waals surface area (Å²) >= 11 is 0. The quantitative estimate of drug-likeness (QED) is 0.839. The molecule has 1 aromatic carbocycles. The summed E-state index contributed by atoms with van der Waals surface area (Å²) in [6, 6.07) is 10.2. The molecular weight excluding hydrogens is 208 g/mol. The Bertz CT molecular complexity index is 348. The van der Waals surface area contributed by atoms with Crippen molar-refractivity contribution >= 4 is 5.69 Å². The van der Waals surface area contributed by atoms with Gasteiger partial charge in [0.2, 0.25) is 0 Å². The minimum absolute atomic E-state index is 0.928. The number of piperidine rings is 1. The van der Waals surface area contributed by atoms with E-state index >= 15 is 0 Å². The zero-order valence-corrected chi connectivity index (χ0v) is 10.6. The highest BCUT2D eigenvalue weighted by Crippen LogP contribution is 2.20. The van der Waals surface area contributed by atoms with E-state index in [1.54, 1.807) is 0 Å². The summed E-state index contributed by atoms with van der Waals surface area (Å²) in [7, 11) is 0. The number of nitrogens with zero attached hydrogens (tertiary/aromatic N) is 1. The summed E-state index contributed by atoms with van der Waals surface area (Å²) in [5.41, 5.74) is 2.89. The van der Waals surface area contributed by atoms with E-state index in [2.05, 4.69) is 34.5 Å². The van der Waals surface area contributed by atoms with Crippen LogP contribution in [0.1, 0.15) is 37.7 Å². The maximum absolute atomic E-state index is 2.53. The fourth-order valence-corrected chi connectivity index (χ4v) is 2.63. The lowest BCUT2D eigenvalue weighted by Gasteiger charge is -2.28. The van der Waals surface area contributed by atoms with Gasteiger partial charge >= 0.3 is 0 Å². The monoisotopic (exact) mass is 231 g/mol. The van der Waals surface area contributed by atoms with Crippen LogP contribution in [0.4, 0.5) is 5.69 Å². The Kier molecular flexibility index (Phi) is 3.32. The fraction of sp³-hybridized carbons (Fsp3) is 0.600. The van der Waals surface area contributed by atoms with Crippen molar-refractivity contribution in [1.82, 2.24) is 0 Å².